The van der Waals surface area contributed by atoms with Crippen LogP contribution >= 0.6 is 11.3 Å². The summed E-state index contributed by atoms with van der Waals surface area (Å²) in [5, 5.41) is 0.446. The molecule has 3 aromatic rings. The number of sulfone groups is 1. The maximum absolute atomic E-state index is 13.6. The molecule has 0 radical (unpaired) electrons. The van der Waals surface area contributed by atoms with Crippen molar-refractivity contribution in [3.05, 3.63) is 53.8 Å². The van der Waals surface area contributed by atoms with Gasteiger partial charge >= 0.3 is 0 Å². The molecule has 4 rings (SSSR count). The second kappa shape index (κ2) is 10.3. The summed E-state index contributed by atoms with van der Waals surface area (Å²) in [5.74, 6) is -0.978. The smallest absolute Gasteiger partial charge is 0.229 e. The van der Waals surface area contributed by atoms with E-state index in [0.717, 1.165) is 18.7 Å². The molecule has 1 saturated heterocycles. The van der Waals surface area contributed by atoms with Crippen LogP contribution in [0, 0.1) is 12.7 Å². The summed E-state index contributed by atoms with van der Waals surface area (Å²) in [6, 6.07) is 10.9. The Bertz CT molecular complexity index is 1220. The van der Waals surface area contributed by atoms with Crippen molar-refractivity contribution in [3.8, 4) is 0 Å². The lowest BCUT2D eigenvalue weighted by Crippen LogP contribution is -2.43. The van der Waals surface area contributed by atoms with E-state index >= 15 is 0 Å². The van der Waals surface area contributed by atoms with E-state index in [2.05, 4.69) is 9.88 Å². The number of anilines is 1. The molecule has 176 valence electrons. The zero-order valence-corrected chi connectivity index (χ0v) is 20.0. The van der Waals surface area contributed by atoms with Crippen molar-refractivity contribution in [1.29, 1.82) is 0 Å². The summed E-state index contributed by atoms with van der Waals surface area (Å²) < 4.78 is 45.2. The van der Waals surface area contributed by atoms with Gasteiger partial charge in [0, 0.05) is 32.6 Å². The van der Waals surface area contributed by atoms with Gasteiger partial charge in [0.25, 0.3) is 0 Å². The number of carbonyl (C=O) groups is 1. The molecular formula is C23H26FN3O4S2. The molecular weight excluding hydrogens is 465 g/mol. The number of benzene rings is 2. The van der Waals surface area contributed by atoms with Gasteiger partial charge in [-0.1, -0.05) is 29.0 Å². The Hall–Kier alpha value is -2.40. The molecule has 2 heterocycles. The second-order valence-corrected chi connectivity index (χ2v) is 11.1. The van der Waals surface area contributed by atoms with Gasteiger partial charge in [-0.2, -0.15) is 0 Å². The van der Waals surface area contributed by atoms with Crippen molar-refractivity contribution in [2.75, 3.05) is 50.0 Å². The third-order valence-electron chi connectivity index (χ3n) is 5.58. The molecule has 1 aliphatic heterocycles. The van der Waals surface area contributed by atoms with Gasteiger partial charge in [0.1, 0.15) is 5.82 Å². The van der Waals surface area contributed by atoms with Crippen LogP contribution in [0.1, 0.15) is 12.0 Å². The standard InChI is InChI=1S/C23H26FN3O4S2/c1-17-2-5-19(6-3-17)33(29,30)15-8-22(28)27(10-9-26-11-13-31-14-12-26)23-25-20-7-4-18(24)16-21(20)32-23/h2-7,16H,8-15H2,1H3. The van der Waals surface area contributed by atoms with E-state index in [-0.39, 0.29) is 28.8 Å². The number of aryl methyl sites for hydroxylation is 1. The maximum Gasteiger partial charge on any atom is 0.229 e. The SMILES string of the molecule is Cc1ccc(S(=O)(=O)CCC(=O)N(CCN2CCOCC2)c2nc3ccc(F)cc3s2)cc1. The Morgan fingerprint density at radius 1 is 1.18 bits per heavy atom. The minimum atomic E-state index is -3.59. The molecule has 0 N–H and O–H groups in total. The minimum Gasteiger partial charge on any atom is -0.379 e. The average molecular weight is 492 g/mol. The second-order valence-electron chi connectivity index (χ2n) is 7.99. The van der Waals surface area contributed by atoms with Crippen LogP contribution in [0.2, 0.25) is 0 Å². The van der Waals surface area contributed by atoms with Crippen LogP contribution in [-0.2, 0) is 19.4 Å². The largest absolute Gasteiger partial charge is 0.379 e. The zero-order chi connectivity index (χ0) is 23.4. The summed E-state index contributed by atoms with van der Waals surface area (Å²) >= 11 is 1.23. The predicted molar refractivity (Wildman–Crippen MR) is 127 cm³/mol. The number of hydrogen-bond donors (Lipinski definition) is 0. The van der Waals surface area contributed by atoms with Crippen LogP contribution in [0.4, 0.5) is 9.52 Å². The van der Waals surface area contributed by atoms with Gasteiger partial charge < -0.3 is 4.74 Å². The lowest BCUT2D eigenvalue weighted by molar-refractivity contribution is -0.118. The van der Waals surface area contributed by atoms with E-state index in [1.807, 2.05) is 6.92 Å². The van der Waals surface area contributed by atoms with Gasteiger partial charge in [0.2, 0.25) is 5.91 Å². The van der Waals surface area contributed by atoms with Crippen molar-refractivity contribution < 1.29 is 22.3 Å². The molecule has 1 aliphatic rings. The van der Waals surface area contributed by atoms with Crippen molar-refractivity contribution in [3.63, 3.8) is 0 Å². The lowest BCUT2D eigenvalue weighted by Gasteiger charge is -2.29. The molecule has 1 aromatic heterocycles. The number of fused-ring (bicyclic) bond motifs is 1. The maximum atomic E-state index is 13.6. The Kier molecular flexibility index (Phi) is 7.38. The summed E-state index contributed by atoms with van der Waals surface area (Å²) in [6.45, 7) is 5.70. The molecule has 0 unspecified atom stereocenters. The predicted octanol–water partition coefficient (Wildman–Crippen LogP) is 3.27. The third-order valence-corrected chi connectivity index (χ3v) is 8.35. The Morgan fingerprint density at radius 3 is 2.64 bits per heavy atom. The van der Waals surface area contributed by atoms with Crippen LogP contribution in [-0.4, -0.2) is 69.4 Å². The fourth-order valence-corrected chi connectivity index (χ4v) is 5.88. The monoisotopic (exact) mass is 491 g/mol. The molecule has 0 atom stereocenters. The third kappa shape index (κ3) is 5.94. The fraction of sp³-hybridized carbons (Fsp3) is 0.391. The number of aromatic nitrogens is 1. The molecule has 1 amide bonds. The van der Waals surface area contributed by atoms with E-state index in [1.165, 1.54) is 28.4 Å². The van der Waals surface area contributed by atoms with Crippen molar-refractivity contribution in [2.24, 2.45) is 0 Å². The number of ether oxygens (including phenoxy) is 1. The highest BCUT2D eigenvalue weighted by Crippen LogP contribution is 2.30. The molecule has 33 heavy (non-hydrogen) atoms. The number of halogens is 1. The van der Waals surface area contributed by atoms with Crippen LogP contribution < -0.4 is 4.90 Å². The summed E-state index contributed by atoms with van der Waals surface area (Å²) in [6.07, 6.45) is -0.163. The molecule has 1 fully saturated rings. The zero-order valence-electron chi connectivity index (χ0n) is 18.4. The summed E-state index contributed by atoms with van der Waals surface area (Å²) in [5.41, 5.74) is 1.57. The highest BCUT2D eigenvalue weighted by molar-refractivity contribution is 7.91. The van der Waals surface area contributed by atoms with Gasteiger partial charge in [0.15, 0.2) is 15.0 Å². The van der Waals surface area contributed by atoms with E-state index in [4.69, 9.17) is 4.74 Å². The first-order valence-electron chi connectivity index (χ1n) is 10.8. The van der Waals surface area contributed by atoms with Gasteiger partial charge in [-0.25, -0.2) is 17.8 Å². The minimum absolute atomic E-state index is 0.163. The highest BCUT2D eigenvalue weighted by Gasteiger charge is 2.24. The van der Waals surface area contributed by atoms with Crippen LogP contribution in [0.25, 0.3) is 10.2 Å². The Labute approximate surface area is 196 Å². The number of morpholine rings is 1. The quantitative estimate of drug-likeness (QED) is 0.481. The molecule has 10 heteroatoms. The van der Waals surface area contributed by atoms with E-state index < -0.39 is 9.84 Å². The molecule has 0 aliphatic carbocycles. The molecule has 0 spiro atoms. The first kappa shape index (κ1) is 23.7. The van der Waals surface area contributed by atoms with Crippen LogP contribution in [0.5, 0.6) is 0 Å². The fourth-order valence-electron chi connectivity index (χ4n) is 3.62. The van der Waals surface area contributed by atoms with Gasteiger partial charge in [-0.3, -0.25) is 14.6 Å². The number of rotatable bonds is 8. The summed E-state index contributed by atoms with van der Waals surface area (Å²) in [4.78, 5) is 21.6. The summed E-state index contributed by atoms with van der Waals surface area (Å²) in [7, 11) is -3.59. The molecule has 2 aromatic carbocycles. The van der Waals surface area contributed by atoms with Gasteiger partial charge in [-0.05, 0) is 37.3 Å². The topological polar surface area (TPSA) is 79.8 Å². The Balaban J connectivity index is 1.52. The molecule has 7 nitrogen and oxygen atoms in total. The highest BCUT2D eigenvalue weighted by atomic mass is 32.2. The van der Waals surface area contributed by atoms with Crippen LogP contribution in [0.3, 0.4) is 0 Å². The lowest BCUT2D eigenvalue weighted by atomic mass is 10.2. The normalized spacial score (nSPS) is 15.1. The molecule has 0 saturated carbocycles. The van der Waals surface area contributed by atoms with Crippen LogP contribution in [0.15, 0.2) is 47.4 Å². The molecule has 0 bridgehead atoms. The van der Waals surface area contributed by atoms with E-state index in [0.29, 0.717) is 41.7 Å². The first-order chi connectivity index (χ1) is 15.8. The van der Waals surface area contributed by atoms with E-state index in [9.17, 15) is 17.6 Å². The van der Waals surface area contributed by atoms with Crippen molar-refractivity contribution in [2.45, 2.75) is 18.2 Å². The Morgan fingerprint density at radius 2 is 1.91 bits per heavy atom. The van der Waals surface area contributed by atoms with Crippen molar-refractivity contribution in [1.82, 2.24) is 9.88 Å². The number of nitrogens with zero attached hydrogens (tertiary/aromatic N) is 3. The number of carbonyl (C=O) groups excluding carboxylic acids is 1. The van der Waals surface area contributed by atoms with Gasteiger partial charge in [-0.15, -0.1) is 0 Å². The number of thiazole rings is 1. The number of amides is 1. The number of hydrogen-bond acceptors (Lipinski definition) is 7. The van der Waals surface area contributed by atoms with Gasteiger partial charge in [0.05, 0.1) is 34.1 Å². The van der Waals surface area contributed by atoms with Crippen molar-refractivity contribution >= 4 is 42.4 Å². The van der Waals surface area contributed by atoms with E-state index in [1.54, 1.807) is 30.3 Å². The average Bonchev–Trinajstić information content (AvgIpc) is 3.21. The first-order valence-corrected chi connectivity index (χ1v) is 13.2.